The van der Waals surface area contributed by atoms with Crippen LogP contribution in [0, 0.1) is 0 Å². The van der Waals surface area contributed by atoms with Crippen molar-refractivity contribution in [2.24, 2.45) is 0 Å². The van der Waals surface area contributed by atoms with Crippen molar-refractivity contribution in [1.82, 2.24) is 10.2 Å². The van der Waals surface area contributed by atoms with E-state index in [1.165, 1.54) is 5.57 Å². The average Bonchev–Trinajstić information content (AvgIpc) is 2.89. The third-order valence-electron chi connectivity index (χ3n) is 3.66. The molecular weight excluding hydrogens is 276 g/mol. The third kappa shape index (κ3) is 5.48. The van der Waals surface area contributed by atoms with Crippen LogP contribution in [0.3, 0.4) is 0 Å². The molecule has 1 heterocycles. The van der Waals surface area contributed by atoms with Gasteiger partial charge in [-0.25, -0.2) is 4.79 Å². The van der Waals surface area contributed by atoms with Gasteiger partial charge in [-0.3, -0.25) is 0 Å². The Labute approximate surface area is 135 Å². The molecule has 4 nitrogen and oxygen atoms in total. The van der Waals surface area contributed by atoms with Crippen LogP contribution >= 0.6 is 0 Å². The molecule has 0 aliphatic carbocycles. The zero-order chi connectivity index (χ0) is 16.8. The lowest BCUT2D eigenvalue weighted by Crippen LogP contribution is -2.41. The second-order valence-corrected chi connectivity index (χ2v) is 6.78. The monoisotopic (exact) mass is 308 g/mol. The fourth-order valence-electron chi connectivity index (χ4n) is 2.74. The maximum atomic E-state index is 12.4. The largest absolute Gasteiger partial charge is 0.444 e. The van der Waals surface area contributed by atoms with Gasteiger partial charge in [0.15, 0.2) is 0 Å². The number of likely N-dealkylation sites (N-methyl/N-ethyl adjacent to an activating group) is 1. The standard InChI is InChI=1S/C18H32N2O2/c1-7-10-15(14(3)13-19-8-2)16-11-9-12-20(16)17(21)22-18(4,5)6/h10,16,19H,3,7-9,11-13H2,1-2,4-6H3/b15-10+/t16-/m0/s1. The minimum absolute atomic E-state index is 0.0981. The maximum Gasteiger partial charge on any atom is 0.410 e. The minimum Gasteiger partial charge on any atom is -0.444 e. The predicted octanol–water partition coefficient (Wildman–Crippen LogP) is 3.89. The molecule has 1 aliphatic heterocycles. The van der Waals surface area contributed by atoms with E-state index in [-0.39, 0.29) is 12.1 Å². The lowest BCUT2D eigenvalue weighted by atomic mass is 9.96. The van der Waals surface area contributed by atoms with E-state index in [0.717, 1.165) is 44.5 Å². The van der Waals surface area contributed by atoms with Crippen LogP contribution in [0.4, 0.5) is 4.79 Å². The molecule has 0 bridgehead atoms. The van der Waals surface area contributed by atoms with E-state index in [1.807, 2.05) is 25.7 Å². The third-order valence-corrected chi connectivity index (χ3v) is 3.66. The number of amides is 1. The summed E-state index contributed by atoms with van der Waals surface area (Å²) in [6.07, 6.45) is 4.93. The summed E-state index contributed by atoms with van der Waals surface area (Å²) in [5.41, 5.74) is 1.80. The molecule has 0 radical (unpaired) electrons. The van der Waals surface area contributed by atoms with Crippen molar-refractivity contribution in [3.8, 4) is 0 Å². The summed E-state index contributed by atoms with van der Waals surface area (Å²) in [5, 5.41) is 3.32. The van der Waals surface area contributed by atoms with Gasteiger partial charge in [0.05, 0.1) is 6.04 Å². The van der Waals surface area contributed by atoms with Crippen molar-refractivity contribution in [3.05, 3.63) is 23.8 Å². The van der Waals surface area contributed by atoms with Crippen molar-refractivity contribution in [3.63, 3.8) is 0 Å². The Hall–Kier alpha value is -1.29. The highest BCUT2D eigenvalue weighted by atomic mass is 16.6. The lowest BCUT2D eigenvalue weighted by molar-refractivity contribution is 0.0250. The molecule has 0 aromatic carbocycles. The molecule has 4 heteroatoms. The van der Waals surface area contributed by atoms with Crippen molar-refractivity contribution in [2.45, 2.75) is 65.5 Å². The minimum atomic E-state index is -0.459. The van der Waals surface area contributed by atoms with Crippen LogP contribution in [-0.2, 0) is 4.74 Å². The second kappa shape index (κ2) is 8.37. The highest BCUT2D eigenvalue weighted by Gasteiger charge is 2.34. The molecule has 1 aliphatic rings. The van der Waals surface area contributed by atoms with E-state index in [4.69, 9.17) is 4.74 Å². The van der Waals surface area contributed by atoms with Crippen molar-refractivity contribution >= 4 is 6.09 Å². The topological polar surface area (TPSA) is 41.6 Å². The number of nitrogens with zero attached hydrogens (tertiary/aromatic N) is 1. The fraction of sp³-hybridized carbons (Fsp3) is 0.722. The smallest absolute Gasteiger partial charge is 0.410 e. The van der Waals surface area contributed by atoms with Gasteiger partial charge in [0.2, 0.25) is 0 Å². The van der Waals surface area contributed by atoms with Crippen molar-refractivity contribution < 1.29 is 9.53 Å². The van der Waals surface area contributed by atoms with Gasteiger partial charge < -0.3 is 15.0 Å². The maximum absolute atomic E-state index is 12.4. The molecular formula is C18H32N2O2. The first-order chi connectivity index (χ1) is 10.3. The summed E-state index contributed by atoms with van der Waals surface area (Å²) in [6.45, 7) is 16.6. The molecule has 1 atom stereocenters. The van der Waals surface area contributed by atoms with Crippen LogP contribution in [-0.4, -0.2) is 42.3 Å². The van der Waals surface area contributed by atoms with Crippen LogP contribution < -0.4 is 5.32 Å². The van der Waals surface area contributed by atoms with Crippen molar-refractivity contribution in [2.75, 3.05) is 19.6 Å². The predicted molar refractivity (Wildman–Crippen MR) is 92.0 cm³/mol. The summed E-state index contributed by atoms with van der Waals surface area (Å²) < 4.78 is 5.56. The lowest BCUT2D eigenvalue weighted by Gasteiger charge is -2.30. The number of likely N-dealkylation sites (tertiary alicyclic amines) is 1. The van der Waals surface area contributed by atoms with Crippen molar-refractivity contribution in [1.29, 1.82) is 0 Å². The zero-order valence-electron chi connectivity index (χ0n) is 14.9. The molecule has 0 spiro atoms. The zero-order valence-corrected chi connectivity index (χ0v) is 14.9. The summed E-state index contributed by atoms with van der Waals surface area (Å²) in [7, 11) is 0. The Morgan fingerprint density at radius 3 is 2.64 bits per heavy atom. The van der Waals surface area contributed by atoms with E-state index in [0.29, 0.717) is 0 Å². The Balaban J connectivity index is 2.87. The molecule has 126 valence electrons. The van der Waals surface area contributed by atoms with Gasteiger partial charge in [-0.1, -0.05) is 26.5 Å². The number of rotatable bonds is 6. The average molecular weight is 308 g/mol. The molecule has 1 amide bonds. The highest BCUT2D eigenvalue weighted by molar-refractivity contribution is 5.70. The van der Waals surface area contributed by atoms with Crippen LogP contribution in [0.2, 0.25) is 0 Å². The fourth-order valence-corrected chi connectivity index (χ4v) is 2.74. The first-order valence-corrected chi connectivity index (χ1v) is 8.38. The van der Waals surface area contributed by atoms with Gasteiger partial charge in [-0.2, -0.15) is 0 Å². The SMILES string of the molecule is C=C(CNCC)/C(=C\CC)[C@@H]1CCCN1C(=O)OC(C)(C)C. The molecule has 0 unspecified atom stereocenters. The van der Waals surface area contributed by atoms with E-state index in [9.17, 15) is 4.79 Å². The molecule has 0 aromatic rings. The van der Waals surface area contributed by atoms with Crippen LogP contribution in [0.15, 0.2) is 23.8 Å². The van der Waals surface area contributed by atoms with E-state index < -0.39 is 5.60 Å². The summed E-state index contributed by atoms with van der Waals surface area (Å²) >= 11 is 0. The van der Waals surface area contributed by atoms with E-state index in [1.54, 1.807) is 0 Å². The number of ether oxygens (including phenoxy) is 1. The van der Waals surface area contributed by atoms with E-state index in [2.05, 4.69) is 31.8 Å². The molecule has 1 saturated heterocycles. The Morgan fingerprint density at radius 2 is 2.09 bits per heavy atom. The molecule has 1 rings (SSSR count). The number of hydrogen-bond donors (Lipinski definition) is 1. The number of nitrogens with one attached hydrogen (secondary N) is 1. The second-order valence-electron chi connectivity index (χ2n) is 6.78. The van der Waals surface area contributed by atoms with Gasteiger partial charge in [0, 0.05) is 13.1 Å². The van der Waals surface area contributed by atoms with Gasteiger partial charge in [-0.05, 0) is 57.7 Å². The van der Waals surface area contributed by atoms with E-state index >= 15 is 0 Å². The van der Waals surface area contributed by atoms with Gasteiger partial charge >= 0.3 is 6.09 Å². The molecule has 22 heavy (non-hydrogen) atoms. The Kier molecular flexibility index (Phi) is 7.14. The number of carbonyl (C=O) groups excluding carboxylic acids is 1. The quantitative estimate of drug-likeness (QED) is 0.757. The first-order valence-electron chi connectivity index (χ1n) is 8.38. The summed E-state index contributed by atoms with van der Waals surface area (Å²) in [6, 6.07) is 0.0981. The normalized spacial score (nSPS) is 19.4. The molecule has 0 saturated carbocycles. The summed E-state index contributed by atoms with van der Waals surface area (Å²) in [4.78, 5) is 14.3. The summed E-state index contributed by atoms with van der Waals surface area (Å²) in [5.74, 6) is 0. The Morgan fingerprint density at radius 1 is 1.41 bits per heavy atom. The Bertz CT molecular complexity index is 421. The molecule has 1 N–H and O–H groups in total. The van der Waals surface area contributed by atoms with Gasteiger partial charge in [-0.15, -0.1) is 0 Å². The highest BCUT2D eigenvalue weighted by Crippen LogP contribution is 2.29. The number of carbonyl (C=O) groups is 1. The van der Waals surface area contributed by atoms with Gasteiger partial charge in [0.1, 0.15) is 5.60 Å². The number of allylic oxidation sites excluding steroid dienone is 1. The van der Waals surface area contributed by atoms with Gasteiger partial charge in [0.25, 0.3) is 0 Å². The van der Waals surface area contributed by atoms with Crippen LogP contribution in [0.1, 0.15) is 53.9 Å². The molecule has 1 fully saturated rings. The van der Waals surface area contributed by atoms with Crippen LogP contribution in [0.25, 0.3) is 0 Å². The first kappa shape index (κ1) is 18.8. The number of hydrogen-bond acceptors (Lipinski definition) is 3. The van der Waals surface area contributed by atoms with Crippen LogP contribution in [0.5, 0.6) is 0 Å². The molecule has 0 aromatic heterocycles.